The van der Waals surface area contributed by atoms with Crippen molar-refractivity contribution in [2.45, 2.75) is 91.8 Å². The van der Waals surface area contributed by atoms with Crippen LogP contribution >= 0.6 is 0 Å². The first kappa shape index (κ1) is 24.8. The Labute approximate surface area is 166 Å². The lowest BCUT2D eigenvalue weighted by Gasteiger charge is -2.37. The van der Waals surface area contributed by atoms with Crippen LogP contribution in [-0.2, 0) is 19.1 Å². The number of ether oxygens (including phenoxy) is 2. The van der Waals surface area contributed by atoms with Crippen molar-refractivity contribution in [1.29, 1.82) is 0 Å². The van der Waals surface area contributed by atoms with E-state index < -0.39 is 30.3 Å². The van der Waals surface area contributed by atoms with Crippen LogP contribution in [0.4, 0.5) is 13.2 Å². The van der Waals surface area contributed by atoms with Gasteiger partial charge in [-0.2, -0.15) is 13.2 Å². The summed E-state index contributed by atoms with van der Waals surface area (Å²) in [6.45, 7) is 10.1. The number of hydrogen-bond acceptors (Lipinski definition) is 4. The first-order valence-electron chi connectivity index (χ1n) is 10.2. The van der Waals surface area contributed by atoms with Gasteiger partial charge in [0.1, 0.15) is 5.60 Å². The molecule has 2 unspecified atom stereocenters. The van der Waals surface area contributed by atoms with E-state index >= 15 is 0 Å². The topological polar surface area (TPSA) is 52.6 Å². The molecule has 1 rings (SSSR count). The Bertz CT molecular complexity index is 529. The number of halogens is 3. The van der Waals surface area contributed by atoms with Crippen LogP contribution in [0, 0.1) is 23.2 Å². The lowest BCUT2D eigenvalue weighted by molar-refractivity contribution is -0.200. The summed E-state index contributed by atoms with van der Waals surface area (Å²) in [6, 6.07) is 0. The van der Waals surface area contributed by atoms with Gasteiger partial charge in [0.25, 0.3) is 0 Å². The normalized spacial score (nSPS) is 19.4. The maximum Gasteiger partial charge on any atom is 0.422 e. The monoisotopic (exact) mass is 408 g/mol. The molecule has 0 spiro atoms. The third-order valence-electron chi connectivity index (χ3n) is 5.40. The molecule has 0 radical (unpaired) electrons. The van der Waals surface area contributed by atoms with Crippen molar-refractivity contribution in [3.05, 3.63) is 0 Å². The summed E-state index contributed by atoms with van der Waals surface area (Å²) in [6.07, 6.45) is -1.21. The van der Waals surface area contributed by atoms with Crippen LogP contribution in [0.1, 0.15) is 80.1 Å². The van der Waals surface area contributed by atoms with Crippen molar-refractivity contribution in [2.24, 2.45) is 23.2 Å². The second-order valence-electron chi connectivity index (χ2n) is 9.49. The molecule has 0 bridgehead atoms. The number of carbonyl (C=O) groups is 2. The van der Waals surface area contributed by atoms with E-state index in [2.05, 4.69) is 4.74 Å². The highest BCUT2D eigenvalue weighted by Gasteiger charge is 2.50. The Morgan fingerprint density at radius 1 is 1.04 bits per heavy atom. The van der Waals surface area contributed by atoms with Crippen LogP contribution in [0.15, 0.2) is 0 Å². The molecule has 0 amide bonds. The van der Waals surface area contributed by atoms with Gasteiger partial charge >= 0.3 is 18.1 Å². The largest absolute Gasteiger partial charge is 0.458 e. The predicted molar refractivity (Wildman–Crippen MR) is 100 cm³/mol. The molecule has 2 atom stereocenters. The molecule has 0 saturated heterocycles. The third-order valence-corrected chi connectivity index (χ3v) is 5.40. The Morgan fingerprint density at radius 2 is 1.57 bits per heavy atom. The highest BCUT2D eigenvalue weighted by Crippen LogP contribution is 2.43. The number of hydrogen-bond donors (Lipinski definition) is 0. The highest BCUT2D eigenvalue weighted by molar-refractivity contribution is 5.77. The van der Waals surface area contributed by atoms with Gasteiger partial charge in [0.2, 0.25) is 0 Å². The van der Waals surface area contributed by atoms with Crippen LogP contribution in [0.2, 0.25) is 0 Å². The predicted octanol–water partition coefficient (Wildman–Crippen LogP) is 5.68. The zero-order valence-corrected chi connectivity index (χ0v) is 17.9. The van der Waals surface area contributed by atoms with E-state index in [-0.39, 0.29) is 29.6 Å². The van der Waals surface area contributed by atoms with Crippen LogP contribution in [0.25, 0.3) is 0 Å². The van der Waals surface area contributed by atoms with Gasteiger partial charge in [-0.05, 0) is 49.9 Å². The van der Waals surface area contributed by atoms with E-state index in [1.54, 1.807) is 6.92 Å². The number of esters is 2. The minimum absolute atomic E-state index is 0.0578. The lowest BCUT2D eigenvalue weighted by atomic mass is 9.79. The molecule has 1 fully saturated rings. The zero-order chi connectivity index (χ0) is 21.8. The molecule has 0 aromatic heterocycles. The molecule has 28 heavy (non-hydrogen) atoms. The molecule has 1 saturated carbocycles. The summed E-state index contributed by atoms with van der Waals surface area (Å²) in [4.78, 5) is 25.4. The van der Waals surface area contributed by atoms with E-state index in [0.29, 0.717) is 19.3 Å². The zero-order valence-electron chi connectivity index (χ0n) is 17.9. The molecule has 4 nitrogen and oxygen atoms in total. The molecule has 0 aromatic rings. The molecular formula is C21H35F3O4. The SMILES string of the molecule is CCC(C(=O)OCC(F)(F)F)C1(OC(=O)C(CC(C)(C)C)C(C)C)CCCC1. The van der Waals surface area contributed by atoms with Crippen LogP contribution < -0.4 is 0 Å². The van der Waals surface area contributed by atoms with E-state index in [1.165, 1.54) is 0 Å². The van der Waals surface area contributed by atoms with Gasteiger partial charge in [-0.15, -0.1) is 0 Å². The minimum Gasteiger partial charge on any atom is -0.458 e. The molecule has 0 N–H and O–H groups in total. The second-order valence-corrected chi connectivity index (χ2v) is 9.49. The maximum absolute atomic E-state index is 13.0. The average molecular weight is 409 g/mol. The fourth-order valence-corrected chi connectivity index (χ4v) is 4.03. The number of rotatable bonds is 8. The van der Waals surface area contributed by atoms with Crippen molar-refractivity contribution in [3.8, 4) is 0 Å². The minimum atomic E-state index is -4.58. The first-order chi connectivity index (χ1) is 12.7. The van der Waals surface area contributed by atoms with Crippen LogP contribution in [0.3, 0.4) is 0 Å². The molecular weight excluding hydrogens is 373 g/mol. The molecule has 164 valence electrons. The van der Waals surface area contributed by atoms with Gasteiger partial charge in [-0.1, -0.05) is 41.5 Å². The molecule has 0 aliphatic heterocycles. The van der Waals surface area contributed by atoms with Gasteiger partial charge < -0.3 is 9.47 Å². The van der Waals surface area contributed by atoms with Gasteiger partial charge in [0.05, 0.1) is 11.8 Å². The van der Waals surface area contributed by atoms with Crippen molar-refractivity contribution >= 4 is 11.9 Å². The summed E-state index contributed by atoms with van der Waals surface area (Å²) >= 11 is 0. The van der Waals surface area contributed by atoms with Gasteiger partial charge in [0.15, 0.2) is 6.61 Å². The Morgan fingerprint density at radius 3 is 1.96 bits per heavy atom. The van der Waals surface area contributed by atoms with Crippen molar-refractivity contribution < 1.29 is 32.2 Å². The van der Waals surface area contributed by atoms with Crippen molar-refractivity contribution in [3.63, 3.8) is 0 Å². The fraction of sp³-hybridized carbons (Fsp3) is 0.905. The lowest BCUT2D eigenvalue weighted by Crippen LogP contribution is -2.46. The standard InChI is InChI=1S/C21H35F3O4/c1-7-16(18(26)27-13-21(22,23)24)20(10-8-9-11-20)28-17(25)15(14(2)3)12-19(4,5)6/h14-16H,7-13H2,1-6H3. The van der Waals surface area contributed by atoms with Crippen LogP contribution in [-0.4, -0.2) is 30.3 Å². The third kappa shape index (κ3) is 7.28. The van der Waals surface area contributed by atoms with Gasteiger partial charge in [-0.25, -0.2) is 0 Å². The van der Waals surface area contributed by atoms with Crippen LogP contribution in [0.5, 0.6) is 0 Å². The number of carbonyl (C=O) groups excluding carboxylic acids is 2. The summed E-state index contributed by atoms with van der Waals surface area (Å²) in [7, 11) is 0. The van der Waals surface area contributed by atoms with E-state index in [1.807, 2.05) is 34.6 Å². The highest BCUT2D eigenvalue weighted by atomic mass is 19.4. The van der Waals surface area contributed by atoms with E-state index in [4.69, 9.17) is 4.74 Å². The Kier molecular flexibility index (Phi) is 8.39. The molecule has 1 aliphatic rings. The van der Waals surface area contributed by atoms with E-state index in [9.17, 15) is 22.8 Å². The van der Waals surface area contributed by atoms with Crippen molar-refractivity contribution in [2.75, 3.05) is 6.61 Å². The molecule has 1 aliphatic carbocycles. The summed E-state index contributed by atoms with van der Waals surface area (Å²) in [5.74, 6) is -2.47. The van der Waals surface area contributed by atoms with Crippen molar-refractivity contribution in [1.82, 2.24) is 0 Å². The quantitative estimate of drug-likeness (QED) is 0.485. The van der Waals surface area contributed by atoms with Gasteiger partial charge in [-0.3, -0.25) is 9.59 Å². The summed E-state index contributed by atoms with van der Waals surface area (Å²) in [5.41, 5.74) is -1.15. The fourth-order valence-electron chi connectivity index (χ4n) is 4.03. The van der Waals surface area contributed by atoms with E-state index in [0.717, 1.165) is 12.8 Å². The second kappa shape index (κ2) is 9.49. The smallest absolute Gasteiger partial charge is 0.422 e. The Balaban J connectivity index is 3.01. The maximum atomic E-state index is 13.0. The summed E-state index contributed by atoms with van der Waals surface area (Å²) in [5, 5.41) is 0. The first-order valence-corrected chi connectivity index (χ1v) is 10.2. The molecule has 7 heteroatoms. The molecule has 0 heterocycles. The number of alkyl halides is 3. The Hall–Kier alpha value is -1.27. The molecule has 0 aromatic carbocycles. The van der Waals surface area contributed by atoms with Gasteiger partial charge in [0, 0.05) is 0 Å². The average Bonchev–Trinajstić information content (AvgIpc) is 2.98. The summed E-state index contributed by atoms with van der Waals surface area (Å²) < 4.78 is 47.8.